The molecule has 50 heavy (non-hydrogen) atoms. The normalized spacial score (nSPS) is 39.8. The topological polar surface area (TPSA) is 155 Å². The number of cyclic esters (lactones) is 1. The first-order valence-corrected chi connectivity index (χ1v) is 19.9. The molecule has 13 heteroatoms. The lowest BCUT2D eigenvalue weighted by Gasteiger charge is -2.47. The van der Waals surface area contributed by atoms with E-state index in [1.807, 2.05) is 33.8 Å². The average molecular weight is 729 g/mol. The summed E-state index contributed by atoms with van der Waals surface area (Å²) in [7, 11) is 3.55. The molecule has 0 aromatic heterocycles. The Morgan fingerprint density at radius 3 is 2.34 bits per heavy atom. The molecule has 0 saturated carbocycles. The molecule has 13 atom stereocenters. The van der Waals surface area contributed by atoms with Gasteiger partial charge < -0.3 is 39.3 Å². The Morgan fingerprint density at radius 1 is 1.04 bits per heavy atom. The Morgan fingerprint density at radius 2 is 1.72 bits per heavy atom. The summed E-state index contributed by atoms with van der Waals surface area (Å²) in [5.74, 6) is -2.34. The number of hydrogen-bond donors (Lipinski definition) is 3. The highest BCUT2D eigenvalue weighted by Gasteiger charge is 2.47. The van der Waals surface area contributed by atoms with E-state index in [1.54, 1.807) is 38.1 Å². The Kier molecular flexibility index (Phi) is 17.7. The minimum atomic E-state index is -1.53. The number of likely N-dealkylation sites (tertiary alicyclic amines) is 1. The molecule has 3 aliphatic heterocycles. The molecule has 0 aliphatic carbocycles. The van der Waals surface area contributed by atoms with Crippen molar-refractivity contribution < 1.29 is 47.5 Å². The van der Waals surface area contributed by atoms with Crippen LogP contribution in [0.5, 0.6) is 0 Å². The van der Waals surface area contributed by atoms with Crippen molar-refractivity contribution in [3.05, 3.63) is 23.8 Å². The number of piperidine rings is 1. The summed E-state index contributed by atoms with van der Waals surface area (Å²) >= 11 is -1.53. The van der Waals surface area contributed by atoms with Gasteiger partial charge in [0.05, 0.1) is 43.5 Å². The number of carbonyl (C=O) groups is 2. The first-order chi connectivity index (χ1) is 23.6. The van der Waals surface area contributed by atoms with Crippen LogP contribution in [0.15, 0.2) is 23.8 Å². The van der Waals surface area contributed by atoms with Crippen molar-refractivity contribution in [1.29, 1.82) is 0 Å². The fourth-order valence-electron chi connectivity index (χ4n) is 7.55. The van der Waals surface area contributed by atoms with Crippen LogP contribution in [0.2, 0.25) is 0 Å². The van der Waals surface area contributed by atoms with Gasteiger partial charge in [-0.1, -0.05) is 44.9 Å². The molecule has 2 saturated heterocycles. The molecular weight excluding hydrogens is 664 g/mol. The quantitative estimate of drug-likeness (QED) is 0.284. The van der Waals surface area contributed by atoms with Gasteiger partial charge in [0.15, 0.2) is 23.2 Å². The lowest BCUT2D eigenvalue weighted by molar-refractivity contribution is -0.304. The maximum absolute atomic E-state index is 13.6. The van der Waals surface area contributed by atoms with Crippen molar-refractivity contribution >= 4 is 22.8 Å². The predicted molar refractivity (Wildman–Crippen MR) is 192 cm³/mol. The number of carbonyl (C=O) groups excluding carboxylic acids is 2. The van der Waals surface area contributed by atoms with Gasteiger partial charge in [0.2, 0.25) is 0 Å². The molecule has 0 spiro atoms. The van der Waals surface area contributed by atoms with E-state index >= 15 is 0 Å². The van der Waals surface area contributed by atoms with E-state index in [1.165, 1.54) is 12.7 Å². The second kappa shape index (κ2) is 20.6. The summed E-state index contributed by atoms with van der Waals surface area (Å²) in [5.41, 5.74) is 0.773. The zero-order chi connectivity index (χ0) is 37.1. The van der Waals surface area contributed by atoms with E-state index in [9.17, 15) is 29.1 Å². The van der Waals surface area contributed by atoms with Crippen LogP contribution >= 0.6 is 0 Å². The lowest BCUT2D eigenvalue weighted by atomic mass is 9.79. The number of esters is 1. The molecule has 12 nitrogen and oxygen atoms in total. The van der Waals surface area contributed by atoms with Gasteiger partial charge in [-0.2, -0.15) is 0 Å². The first-order valence-electron chi connectivity index (χ1n) is 18.4. The van der Waals surface area contributed by atoms with Gasteiger partial charge >= 0.3 is 5.97 Å². The average Bonchev–Trinajstić information content (AvgIpc) is 3.06. The standard InChI is InChI=1S/C37H64N2O10S/c1-9-31-28(22-46-50(8)45)19-23(2)13-14-29(40)24(3)20-27(15-18-39-16-11-10-12-17-39)36(25(4)30(41)21-32(42)48-31)49-37-35(44)33(38(6)7)34(43)26(5)47-37/h13-14,19,24-28,30-31,33-37,41,43-44H,9-12,15-18,20-22H2,1-8H3/b14-13+,23-19+. The molecule has 2 fully saturated rings. The van der Waals surface area contributed by atoms with E-state index in [2.05, 4.69) is 4.90 Å². The SMILES string of the molecule is CCC1OC(=O)CC(O)C(C)C(OC2OC(C)C(O)C(N(C)C)C2O)C(CCN2CCCCC2)CC(C)C(=O)/C=C/C(C)=C/C1COS(C)=O. The molecule has 13 unspecified atom stereocenters. The summed E-state index contributed by atoms with van der Waals surface area (Å²) < 4.78 is 35.9. The number of hydrogen-bond acceptors (Lipinski definition) is 12. The molecule has 3 heterocycles. The van der Waals surface area contributed by atoms with E-state index in [4.69, 9.17) is 18.4 Å². The minimum Gasteiger partial charge on any atom is -0.462 e. The van der Waals surface area contributed by atoms with Crippen molar-refractivity contribution in [2.75, 3.05) is 46.6 Å². The zero-order valence-corrected chi connectivity index (χ0v) is 32.3. The Labute approximate surface area is 302 Å². The van der Waals surface area contributed by atoms with Gasteiger partial charge in [-0.05, 0) is 91.7 Å². The number of likely N-dealkylation sites (N-methyl/N-ethyl adjacent to an activating group) is 1. The molecule has 3 rings (SSSR count). The molecule has 3 N–H and O–H groups in total. The van der Waals surface area contributed by atoms with Gasteiger partial charge in [-0.3, -0.25) is 13.8 Å². The fourth-order valence-corrected chi connectivity index (χ4v) is 7.90. The monoisotopic (exact) mass is 728 g/mol. The van der Waals surface area contributed by atoms with Crippen LogP contribution in [-0.2, 0) is 39.1 Å². The van der Waals surface area contributed by atoms with E-state index in [0.29, 0.717) is 19.3 Å². The van der Waals surface area contributed by atoms with Gasteiger partial charge in [0, 0.05) is 24.0 Å². The third kappa shape index (κ3) is 12.5. The zero-order valence-electron chi connectivity index (χ0n) is 31.4. The van der Waals surface area contributed by atoms with Crippen LogP contribution < -0.4 is 0 Å². The second-order valence-corrected chi connectivity index (χ2v) is 15.9. The summed E-state index contributed by atoms with van der Waals surface area (Å²) in [6.45, 7) is 12.0. The number of nitrogens with zero attached hydrogens (tertiary/aromatic N) is 2. The van der Waals surface area contributed by atoms with Crippen LogP contribution in [0.1, 0.15) is 79.6 Å². The van der Waals surface area contributed by atoms with Crippen LogP contribution in [0.25, 0.3) is 0 Å². The smallest absolute Gasteiger partial charge is 0.308 e. The highest BCUT2D eigenvalue weighted by atomic mass is 32.2. The number of aliphatic hydroxyl groups is 3. The first kappa shape index (κ1) is 42.9. The van der Waals surface area contributed by atoms with E-state index in [-0.39, 0.29) is 24.7 Å². The predicted octanol–water partition coefficient (Wildman–Crippen LogP) is 3.01. The van der Waals surface area contributed by atoms with Crippen LogP contribution in [0, 0.1) is 23.7 Å². The Bertz CT molecular complexity index is 1160. The summed E-state index contributed by atoms with van der Waals surface area (Å²) in [6.07, 6.45) is 4.91. The summed E-state index contributed by atoms with van der Waals surface area (Å²) in [5, 5.41) is 34.0. The van der Waals surface area contributed by atoms with Crippen LogP contribution in [0.3, 0.4) is 0 Å². The molecule has 0 radical (unpaired) electrons. The molecular formula is C37H64N2O10S. The molecule has 0 aromatic rings. The Balaban J connectivity index is 2.03. The van der Waals surface area contributed by atoms with E-state index in [0.717, 1.165) is 38.0 Å². The van der Waals surface area contributed by atoms with Gasteiger partial charge in [0.25, 0.3) is 0 Å². The number of allylic oxidation sites excluding steroid dienone is 3. The molecule has 288 valence electrons. The van der Waals surface area contributed by atoms with Crippen molar-refractivity contribution in [3.8, 4) is 0 Å². The van der Waals surface area contributed by atoms with E-state index < -0.39 is 83.8 Å². The minimum absolute atomic E-state index is 0.0444. The molecule has 0 bridgehead atoms. The van der Waals surface area contributed by atoms with Crippen LogP contribution in [0.4, 0.5) is 0 Å². The maximum Gasteiger partial charge on any atom is 0.308 e. The van der Waals surface area contributed by atoms with Crippen molar-refractivity contribution in [1.82, 2.24) is 9.80 Å². The number of rotatable bonds is 10. The lowest BCUT2D eigenvalue weighted by Crippen LogP contribution is -2.63. The van der Waals surface area contributed by atoms with Crippen molar-refractivity contribution in [3.63, 3.8) is 0 Å². The highest BCUT2D eigenvalue weighted by Crippen LogP contribution is 2.35. The highest BCUT2D eigenvalue weighted by molar-refractivity contribution is 7.79. The summed E-state index contributed by atoms with van der Waals surface area (Å²) in [4.78, 5) is 31.2. The van der Waals surface area contributed by atoms with Crippen molar-refractivity contribution in [2.24, 2.45) is 23.7 Å². The maximum atomic E-state index is 13.6. The van der Waals surface area contributed by atoms with Gasteiger partial charge in [0.1, 0.15) is 12.2 Å². The number of ether oxygens (including phenoxy) is 3. The molecule has 0 amide bonds. The number of ketones is 1. The third-order valence-electron chi connectivity index (χ3n) is 10.6. The van der Waals surface area contributed by atoms with Crippen molar-refractivity contribution in [2.45, 2.75) is 129 Å². The van der Waals surface area contributed by atoms with Gasteiger partial charge in [-0.15, -0.1) is 0 Å². The van der Waals surface area contributed by atoms with Gasteiger partial charge in [-0.25, -0.2) is 4.21 Å². The third-order valence-corrected chi connectivity index (χ3v) is 11.1. The fraction of sp³-hybridized carbons (Fsp3) is 0.838. The second-order valence-electron chi connectivity index (χ2n) is 14.9. The van der Waals surface area contributed by atoms with Crippen LogP contribution in [-0.4, -0.2) is 137 Å². The Hall–Kier alpha value is -1.55. The number of aliphatic hydroxyl groups excluding tert-OH is 3. The molecule has 0 aromatic carbocycles. The molecule has 3 aliphatic rings. The summed E-state index contributed by atoms with van der Waals surface area (Å²) in [6, 6.07) is -0.660. The largest absolute Gasteiger partial charge is 0.462 e.